The Morgan fingerprint density at radius 3 is 2.38 bits per heavy atom. The fourth-order valence-electron chi connectivity index (χ4n) is 5.33. The summed E-state index contributed by atoms with van der Waals surface area (Å²) < 4.78 is 59.1. The predicted molar refractivity (Wildman–Crippen MR) is 117 cm³/mol. The number of hydrogen-bond donors (Lipinski definition) is 1. The van der Waals surface area contributed by atoms with Crippen molar-refractivity contribution in [3.8, 4) is 5.88 Å². The van der Waals surface area contributed by atoms with Gasteiger partial charge in [-0.2, -0.15) is 13.2 Å². The summed E-state index contributed by atoms with van der Waals surface area (Å²) in [6, 6.07) is 4.28. The number of alkyl halides is 3. The Morgan fingerprint density at radius 1 is 1.15 bits per heavy atom. The van der Waals surface area contributed by atoms with Crippen LogP contribution < -0.4 is 10.5 Å². The maximum absolute atomic E-state index is 14.5. The SMILES string of the molecule is NC(=O)c1cc(C2CC2)c(CN2[C@@H]3CC[C@H]2CC(Oc2ncc(C(F)(F)F)cc2Cl)C3)cc1F. The summed E-state index contributed by atoms with van der Waals surface area (Å²) >= 11 is 6.02. The van der Waals surface area contributed by atoms with Crippen LogP contribution in [0.3, 0.4) is 0 Å². The van der Waals surface area contributed by atoms with Crippen LogP contribution in [0.5, 0.6) is 5.88 Å². The molecule has 2 aromatic rings. The number of primary amides is 1. The van der Waals surface area contributed by atoms with Crippen LogP contribution in [0.25, 0.3) is 0 Å². The molecule has 182 valence electrons. The summed E-state index contributed by atoms with van der Waals surface area (Å²) in [5.74, 6) is -1.02. The van der Waals surface area contributed by atoms with Gasteiger partial charge in [0.2, 0.25) is 5.88 Å². The number of halogens is 5. The van der Waals surface area contributed by atoms with E-state index in [1.54, 1.807) is 6.07 Å². The molecule has 2 aliphatic heterocycles. The molecule has 1 aromatic heterocycles. The van der Waals surface area contributed by atoms with Gasteiger partial charge in [-0.3, -0.25) is 9.69 Å². The van der Waals surface area contributed by atoms with E-state index in [1.807, 2.05) is 0 Å². The zero-order valence-electron chi connectivity index (χ0n) is 18.2. The Morgan fingerprint density at radius 2 is 1.82 bits per heavy atom. The number of ether oxygens (including phenoxy) is 1. The molecule has 0 spiro atoms. The Balaban J connectivity index is 1.30. The molecular formula is C24H24ClF4N3O2. The van der Waals surface area contributed by atoms with E-state index in [0.717, 1.165) is 49.1 Å². The van der Waals surface area contributed by atoms with Gasteiger partial charge in [0.25, 0.3) is 5.91 Å². The van der Waals surface area contributed by atoms with Crippen molar-refractivity contribution < 1.29 is 27.1 Å². The zero-order chi connectivity index (χ0) is 24.2. The fourth-order valence-corrected chi connectivity index (χ4v) is 5.54. The molecule has 3 atom stereocenters. The van der Waals surface area contributed by atoms with Crippen molar-refractivity contribution in [1.29, 1.82) is 0 Å². The molecule has 1 amide bonds. The molecule has 3 fully saturated rings. The monoisotopic (exact) mass is 497 g/mol. The molecule has 0 radical (unpaired) electrons. The lowest BCUT2D eigenvalue weighted by molar-refractivity contribution is -0.137. The van der Waals surface area contributed by atoms with Gasteiger partial charge in [0.05, 0.1) is 11.1 Å². The van der Waals surface area contributed by atoms with Gasteiger partial charge in [-0.1, -0.05) is 11.6 Å². The molecule has 2 bridgehead atoms. The highest BCUT2D eigenvalue weighted by atomic mass is 35.5. The van der Waals surface area contributed by atoms with E-state index in [0.29, 0.717) is 25.3 Å². The van der Waals surface area contributed by atoms with Crippen molar-refractivity contribution in [3.63, 3.8) is 0 Å². The number of rotatable bonds is 6. The van der Waals surface area contributed by atoms with E-state index in [4.69, 9.17) is 22.1 Å². The molecule has 2 N–H and O–H groups in total. The number of pyridine rings is 1. The minimum atomic E-state index is -4.52. The van der Waals surface area contributed by atoms with E-state index in [9.17, 15) is 22.4 Å². The van der Waals surface area contributed by atoms with Crippen LogP contribution in [0.2, 0.25) is 5.02 Å². The van der Waals surface area contributed by atoms with Crippen molar-refractivity contribution in [3.05, 3.63) is 57.5 Å². The van der Waals surface area contributed by atoms with Crippen molar-refractivity contribution in [1.82, 2.24) is 9.88 Å². The largest absolute Gasteiger partial charge is 0.473 e. The van der Waals surface area contributed by atoms with Crippen LogP contribution in [0, 0.1) is 5.82 Å². The van der Waals surface area contributed by atoms with Gasteiger partial charge in [0, 0.05) is 24.8 Å². The van der Waals surface area contributed by atoms with Crippen molar-refractivity contribution in [2.24, 2.45) is 5.73 Å². The lowest BCUT2D eigenvalue weighted by Gasteiger charge is -2.39. The lowest BCUT2D eigenvalue weighted by atomic mass is 9.95. The first-order valence-electron chi connectivity index (χ1n) is 11.4. The third-order valence-corrected chi connectivity index (χ3v) is 7.39. The highest BCUT2D eigenvalue weighted by Gasteiger charge is 2.42. The first-order chi connectivity index (χ1) is 16.1. The number of benzene rings is 1. The van der Waals surface area contributed by atoms with Gasteiger partial charge in [-0.25, -0.2) is 9.37 Å². The summed E-state index contributed by atoms with van der Waals surface area (Å²) in [5, 5.41) is -0.163. The summed E-state index contributed by atoms with van der Waals surface area (Å²) in [7, 11) is 0. The van der Waals surface area contributed by atoms with Crippen molar-refractivity contribution in [2.75, 3.05) is 0 Å². The maximum Gasteiger partial charge on any atom is 0.417 e. The maximum atomic E-state index is 14.5. The minimum absolute atomic E-state index is 0.00708. The number of piperidine rings is 1. The van der Waals surface area contributed by atoms with E-state index in [1.165, 1.54) is 6.07 Å². The Hall–Kier alpha value is -2.39. The summed E-state index contributed by atoms with van der Waals surface area (Å²) in [6.07, 6.45) is 1.29. The van der Waals surface area contributed by atoms with E-state index in [-0.39, 0.29) is 34.7 Å². The first kappa shape index (κ1) is 23.4. The molecule has 5 nitrogen and oxygen atoms in total. The molecule has 34 heavy (non-hydrogen) atoms. The third kappa shape index (κ3) is 4.60. The molecule has 1 aliphatic carbocycles. The molecule has 1 unspecified atom stereocenters. The van der Waals surface area contributed by atoms with Crippen LogP contribution >= 0.6 is 11.6 Å². The predicted octanol–water partition coefficient (Wildman–Crippen LogP) is 5.44. The highest BCUT2D eigenvalue weighted by molar-refractivity contribution is 6.31. The van der Waals surface area contributed by atoms with Gasteiger partial charge in [0.15, 0.2) is 0 Å². The number of amides is 1. The van der Waals surface area contributed by atoms with Crippen LogP contribution in [0.1, 0.15) is 71.5 Å². The molecule has 3 aliphatic rings. The number of aromatic nitrogens is 1. The van der Waals surface area contributed by atoms with E-state index >= 15 is 0 Å². The van der Waals surface area contributed by atoms with Gasteiger partial charge < -0.3 is 10.5 Å². The second-order valence-corrected chi connectivity index (χ2v) is 9.85. The van der Waals surface area contributed by atoms with E-state index < -0.39 is 23.5 Å². The van der Waals surface area contributed by atoms with Crippen molar-refractivity contribution >= 4 is 17.5 Å². The molecule has 1 saturated carbocycles. The smallest absolute Gasteiger partial charge is 0.417 e. The normalized spacial score (nSPS) is 24.9. The highest BCUT2D eigenvalue weighted by Crippen LogP contribution is 2.45. The van der Waals surface area contributed by atoms with Crippen LogP contribution in [-0.2, 0) is 12.7 Å². The number of nitrogens with two attached hydrogens (primary N) is 1. The lowest BCUT2D eigenvalue weighted by Crippen LogP contribution is -2.46. The van der Waals surface area contributed by atoms with Gasteiger partial charge in [0.1, 0.15) is 16.9 Å². The molecule has 2 saturated heterocycles. The second-order valence-electron chi connectivity index (χ2n) is 9.45. The van der Waals surface area contributed by atoms with Gasteiger partial charge >= 0.3 is 6.18 Å². The Bertz CT molecular complexity index is 1110. The number of carbonyl (C=O) groups excluding carboxylic acids is 1. The minimum Gasteiger partial charge on any atom is -0.473 e. The summed E-state index contributed by atoms with van der Waals surface area (Å²) in [5.41, 5.74) is 6.23. The number of carbonyl (C=O) groups is 1. The average Bonchev–Trinajstić information content (AvgIpc) is 3.56. The van der Waals surface area contributed by atoms with Crippen molar-refractivity contribution in [2.45, 2.75) is 75.4 Å². The van der Waals surface area contributed by atoms with Gasteiger partial charge in [-0.15, -0.1) is 0 Å². The van der Waals surface area contributed by atoms with Crippen LogP contribution in [0.4, 0.5) is 17.6 Å². The number of nitrogens with zero attached hydrogens (tertiary/aromatic N) is 2. The standard InChI is InChI=1S/C24H24ClF4N3O2/c25-20-6-14(24(27,28)29)10-31-23(20)34-17-7-15-3-4-16(8-17)32(15)11-13-5-21(26)19(22(30)33)9-18(13)12-1-2-12/h5-6,9-10,12,15-17H,1-4,7-8,11H2,(H2,30,33)/t15-,16+,17?. The summed E-state index contributed by atoms with van der Waals surface area (Å²) in [4.78, 5) is 17.8. The van der Waals surface area contributed by atoms with Gasteiger partial charge in [-0.05, 0) is 73.8 Å². The molecule has 1 aromatic carbocycles. The third-order valence-electron chi connectivity index (χ3n) is 7.12. The molecule has 5 rings (SSSR count). The summed E-state index contributed by atoms with van der Waals surface area (Å²) in [6.45, 7) is 0.573. The van der Waals surface area contributed by atoms with Crippen LogP contribution in [-0.4, -0.2) is 34.0 Å². The number of fused-ring (bicyclic) bond motifs is 2. The molecule has 3 heterocycles. The van der Waals surface area contributed by atoms with E-state index in [2.05, 4.69) is 9.88 Å². The number of hydrogen-bond acceptors (Lipinski definition) is 4. The molecule has 10 heteroatoms. The quantitative estimate of drug-likeness (QED) is 0.539. The van der Waals surface area contributed by atoms with Crippen LogP contribution in [0.15, 0.2) is 24.4 Å². The Kier molecular flexibility index (Phi) is 5.96. The average molecular weight is 498 g/mol. The first-order valence-corrected chi connectivity index (χ1v) is 11.7. The molecular weight excluding hydrogens is 474 g/mol. The topological polar surface area (TPSA) is 68.5 Å². The second kappa shape index (κ2) is 8.68. The Labute approximate surface area is 199 Å². The zero-order valence-corrected chi connectivity index (χ0v) is 19.0. The fraction of sp³-hybridized carbons (Fsp3) is 0.500.